The largest absolute Gasteiger partial charge is 0.458 e. The molecular weight excluding hydrogens is 356 g/mol. The molecular formula is C23H30O5. The molecule has 5 aliphatic rings. The lowest BCUT2D eigenvalue weighted by molar-refractivity contribution is -0.209. The molecule has 0 aromatic rings. The van der Waals surface area contributed by atoms with Gasteiger partial charge < -0.3 is 18.9 Å². The first kappa shape index (κ1) is 18.6. The molecule has 0 N–H and O–H groups in total. The van der Waals surface area contributed by atoms with Gasteiger partial charge in [0.2, 0.25) is 0 Å². The molecule has 1 spiro atoms. The fraction of sp³-hybridized carbons (Fsp3) is 0.696. The lowest BCUT2D eigenvalue weighted by Crippen LogP contribution is -2.63. The van der Waals surface area contributed by atoms with Gasteiger partial charge in [-0.25, -0.2) is 4.79 Å². The summed E-state index contributed by atoms with van der Waals surface area (Å²) in [5, 5.41) is 0. The summed E-state index contributed by atoms with van der Waals surface area (Å²) in [4.78, 5) is 12.5. The Labute approximate surface area is 166 Å². The zero-order valence-corrected chi connectivity index (χ0v) is 17.1. The molecule has 3 saturated heterocycles. The van der Waals surface area contributed by atoms with E-state index < -0.39 is 0 Å². The van der Waals surface area contributed by atoms with Gasteiger partial charge in [0.05, 0.1) is 24.9 Å². The Kier molecular flexibility index (Phi) is 4.01. The lowest BCUT2D eigenvalue weighted by Gasteiger charge is -2.57. The second-order valence-corrected chi connectivity index (χ2v) is 9.57. The van der Waals surface area contributed by atoms with Gasteiger partial charge in [-0.2, -0.15) is 0 Å². The van der Waals surface area contributed by atoms with E-state index in [0.29, 0.717) is 13.0 Å². The molecule has 152 valence electrons. The topological polar surface area (TPSA) is 60.6 Å². The third-order valence-electron chi connectivity index (χ3n) is 8.19. The Morgan fingerprint density at radius 3 is 2.71 bits per heavy atom. The quantitative estimate of drug-likeness (QED) is 0.243. The molecule has 0 aromatic heterocycles. The zero-order chi connectivity index (χ0) is 19.7. The van der Waals surface area contributed by atoms with E-state index in [0.717, 1.165) is 12.8 Å². The summed E-state index contributed by atoms with van der Waals surface area (Å²) in [5.74, 6) is -0.299. The number of allylic oxidation sites excluding steroid dienone is 3. The summed E-state index contributed by atoms with van der Waals surface area (Å²) >= 11 is 0. The molecule has 3 aliphatic heterocycles. The third kappa shape index (κ3) is 2.45. The Bertz CT molecular complexity index is 778. The van der Waals surface area contributed by atoms with E-state index >= 15 is 0 Å². The van der Waals surface area contributed by atoms with Gasteiger partial charge in [0.25, 0.3) is 0 Å². The van der Waals surface area contributed by atoms with Crippen LogP contribution in [-0.2, 0) is 23.7 Å². The molecule has 5 nitrogen and oxygen atoms in total. The van der Waals surface area contributed by atoms with Crippen molar-refractivity contribution in [3.63, 3.8) is 0 Å². The molecule has 0 aromatic carbocycles. The van der Waals surface area contributed by atoms with Crippen LogP contribution in [0.4, 0.5) is 0 Å². The Hall–Kier alpha value is -1.43. The minimum atomic E-state index is -0.300. The molecule has 3 heterocycles. The normalized spacial score (nSPS) is 51.4. The van der Waals surface area contributed by atoms with Crippen LogP contribution in [0.25, 0.3) is 0 Å². The standard InChI is InChI=1S/C23H30O5/c1-14-9-10-21(3)17(11-14)27-19-12-18(22(21,4)23(19)13-25-23)28-20(24)8-6-5-7-16-15(2)26-16/h5-8,11,15-19H,9-10,12-13H2,1-4H3/b7-5+,8-6-/t15-,16-,17-,18-,19-,21+,22-,23+/m1/s1. The van der Waals surface area contributed by atoms with Crippen molar-refractivity contribution >= 4 is 5.97 Å². The number of rotatable bonds is 4. The van der Waals surface area contributed by atoms with Gasteiger partial charge in [-0.1, -0.05) is 43.7 Å². The van der Waals surface area contributed by atoms with Crippen molar-refractivity contribution in [3.05, 3.63) is 36.0 Å². The summed E-state index contributed by atoms with van der Waals surface area (Å²) in [7, 11) is 0. The van der Waals surface area contributed by atoms with Crippen molar-refractivity contribution in [3.8, 4) is 0 Å². The summed E-state index contributed by atoms with van der Waals surface area (Å²) in [6.45, 7) is 9.46. The molecule has 8 atom stereocenters. The number of carbonyl (C=O) groups is 1. The Balaban J connectivity index is 1.35. The SMILES string of the molecule is CC1=C[C@H]2O[C@@H]3C[C@@H](OC(=O)/C=C\C=C\[C@H]4O[C@@H]4C)[C@](C)([C@@]2(C)CC1)[C@]31CO1. The second-order valence-electron chi connectivity index (χ2n) is 9.57. The van der Waals surface area contributed by atoms with E-state index in [4.69, 9.17) is 18.9 Å². The molecule has 2 aliphatic carbocycles. The minimum absolute atomic E-state index is 0.00657. The van der Waals surface area contributed by atoms with Crippen LogP contribution < -0.4 is 0 Å². The van der Waals surface area contributed by atoms with E-state index in [9.17, 15) is 4.79 Å². The van der Waals surface area contributed by atoms with Gasteiger partial charge in [0, 0.05) is 23.3 Å². The molecule has 0 unspecified atom stereocenters. The smallest absolute Gasteiger partial charge is 0.331 e. The van der Waals surface area contributed by atoms with Crippen molar-refractivity contribution in [2.45, 2.75) is 83.1 Å². The van der Waals surface area contributed by atoms with Crippen LogP contribution in [0.3, 0.4) is 0 Å². The Morgan fingerprint density at radius 1 is 1.29 bits per heavy atom. The predicted molar refractivity (Wildman–Crippen MR) is 104 cm³/mol. The molecule has 5 heteroatoms. The van der Waals surface area contributed by atoms with Crippen molar-refractivity contribution in [1.29, 1.82) is 0 Å². The first-order valence-corrected chi connectivity index (χ1v) is 10.5. The monoisotopic (exact) mass is 386 g/mol. The van der Waals surface area contributed by atoms with Crippen LogP contribution in [0.15, 0.2) is 36.0 Å². The number of carbonyl (C=O) groups excluding carboxylic acids is 1. The first-order valence-electron chi connectivity index (χ1n) is 10.5. The fourth-order valence-corrected chi connectivity index (χ4v) is 5.91. The maximum atomic E-state index is 12.5. The third-order valence-corrected chi connectivity index (χ3v) is 8.19. The highest BCUT2D eigenvalue weighted by Gasteiger charge is 2.81. The van der Waals surface area contributed by atoms with Gasteiger partial charge >= 0.3 is 5.97 Å². The summed E-state index contributed by atoms with van der Waals surface area (Å²) in [6.07, 6.45) is 12.4. The number of hydrogen-bond acceptors (Lipinski definition) is 5. The molecule has 0 amide bonds. The highest BCUT2D eigenvalue weighted by Crippen LogP contribution is 2.71. The maximum Gasteiger partial charge on any atom is 0.331 e. The van der Waals surface area contributed by atoms with Crippen LogP contribution in [0.1, 0.15) is 47.0 Å². The average molecular weight is 386 g/mol. The van der Waals surface area contributed by atoms with Crippen LogP contribution in [0.2, 0.25) is 0 Å². The van der Waals surface area contributed by atoms with Crippen LogP contribution in [0.5, 0.6) is 0 Å². The van der Waals surface area contributed by atoms with Gasteiger partial charge in [-0.15, -0.1) is 0 Å². The van der Waals surface area contributed by atoms with Crippen molar-refractivity contribution in [1.82, 2.24) is 0 Å². The van der Waals surface area contributed by atoms with Crippen LogP contribution in [0, 0.1) is 10.8 Å². The van der Waals surface area contributed by atoms with Crippen molar-refractivity contribution < 1.29 is 23.7 Å². The van der Waals surface area contributed by atoms with Crippen LogP contribution >= 0.6 is 0 Å². The van der Waals surface area contributed by atoms with Crippen LogP contribution in [-0.4, -0.2) is 48.7 Å². The summed E-state index contributed by atoms with van der Waals surface area (Å²) in [5.41, 5.74) is 0.729. The Morgan fingerprint density at radius 2 is 2.04 bits per heavy atom. The zero-order valence-electron chi connectivity index (χ0n) is 17.1. The maximum absolute atomic E-state index is 12.5. The highest BCUT2D eigenvalue weighted by molar-refractivity contribution is 5.82. The molecule has 1 saturated carbocycles. The van der Waals surface area contributed by atoms with E-state index in [1.807, 2.05) is 19.1 Å². The molecule has 5 rings (SSSR count). The summed E-state index contributed by atoms with van der Waals surface area (Å²) in [6, 6.07) is 0. The molecule has 0 radical (unpaired) electrons. The van der Waals surface area contributed by atoms with E-state index in [-0.39, 0.29) is 52.9 Å². The lowest BCUT2D eigenvalue weighted by atomic mass is 9.52. The second kappa shape index (κ2) is 6.04. The number of hydrogen-bond donors (Lipinski definition) is 0. The number of fused-ring (bicyclic) bond motifs is 2. The van der Waals surface area contributed by atoms with Crippen molar-refractivity contribution in [2.75, 3.05) is 6.61 Å². The van der Waals surface area contributed by atoms with E-state index in [2.05, 4.69) is 26.8 Å². The number of ether oxygens (including phenoxy) is 4. The van der Waals surface area contributed by atoms with E-state index in [1.165, 1.54) is 11.6 Å². The number of epoxide rings is 2. The molecule has 28 heavy (non-hydrogen) atoms. The highest BCUT2D eigenvalue weighted by atomic mass is 16.6. The fourth-order valence-electron chi connectivity index (χ4n) is 5.91. The predicted octanol–water partition coefficient (Wildman–Crippen LogP) is 3.49. The minimum Gasteiger partial charge on any atom is -0.458 e. The van der Waals surface area contributed by atoms with E-state index in [1.54, 1.807) is 6.08 Å². The molecule has 4 fully saturated rings. The van der Waals surface area contributed by atoms with Gasteiger partial charge in [-0.3, -0.25) is 0 Å². The first-order chi connectivity index (χ1) is 13.3. The number of esters is 1. The van der Waals surface area contributed by atoms with Gasteiger partial charge in [0.15, 0.2) is 0 Å². The average Bonchev–Trinajstić information content (AvgIpc) is 3.55. The summed E-state index contributed by atoms with van der Waals surface area (Å²) < 4.78 is 23.9. The molecule has 2 bridgehead atoms. The van der Waals surface area contributed by atoms with Crippen molar-refractivity contribution in [2.24, 2.45) is 10.8 Å². The van der Waals surface area contributed by atoms with Gasteiger partial charge in [0.1, 0.15) is 17.8 Å². The van der Waals surface area contributed by atoms with Gasteiger partial charge in [-0.05, 0) is 26.7 Å².